The number of aromatic nitrogens is 3. The molecule has 156 valence electrons. The summed E-state index contributed by atoms with van der Waals surface area (Å²) < 4.78 is 0. The van der Waals surface area contributed by atoms with Crippen molar-refractivity contribution in [3.8, 4) is 11.8 Å². The molecule has 31 heavy (non-hydrogen) atoms. The van der Waals surface area contributed by atoms with Gasteiger partial charge in [0, 0.05) is 36.9 Å². The number of carbonyl (C=O) groups is 1. The molecule has 0 spiro atoms. The third-order valence-corrected chi connectivity index (χ3v) is 4.87. The Morgan fingerprint density at radius 1 is 1.26 bits per heavy atom. The lowest BCUT2D eigenvalue weighted by atomic mass is 10.2. The zero-order valence-corrected chi connectivity index (χ0v) is 17.7. The summed E-state index contributed by atoms with van der Waals surface area (Å²) in [5, 5.41) is 0.822. The van der Waals surface area contributed by atoms with Crippen LogP contribution in [0, 0.1) is 11.8 Å². The van der Waals surface area contributed by atoms with Crippen LogP contribution in [0.2, 0.25) is 0 Å². The molecule has 1 aromatic carbocycles. The van der Waals surface area contributed by atoms with Crippen molar-refractivity contribution in [1.82, 2.24) is 24.8 Å². The van der Waals surface area contributed by atoms with Crippen LogP contribution in [-0.4, -0.2) is 70.1 Å². The molecule has 0 atom stereocenters. The number of carbonyl (C=O) groups excluding carboxylic acids is 1. The quantitative estimate of drug-likeness (QED) is 0.528. The van der Waals surface area contributed by atoms with Gasteiger partial charge in [0.25, 0.3) is 0 Å². The van der Waals surface area contributed by atoms with Gasteiger partial charge in [-0.3, -0.25) is 4.79 Å². The predicted octanol–water partition coefficient (Wildman–Crippen LogP) is 2.78. The first-order valence-electron chi connectivity index (χ1n) is 10.2. The van der Waals surface area contributed by atoms with E-state index in [1.165, 1.54) is 6.33 Å². The Balaban J connectivity index is 1.51. The second kappa shape index (κ2) is 9.37. The van der Waals surface area contributed by atoms with Crippen LogP contribution in [0.5, 0.6) is 0 Å². The summed E-state index contributed by atoms with van der Waals surface area (Å²) in [7, 11) is 3.94. The van der Waals surface area contributed by atoms with Crippen LogP contribution in [0.3, 0.4) is 0 Å². The van der Waals surface area contributed by atoms with Crippen molar-refractivity contribution in [2.75, 3.05) is 33.7 Å². The van der Waals surface area contributed by atoms with Gasteiger partial charge >= 0.3 is 0 Å². The first-order valence-corrected chi connectivity index (χ1v) is 10.2. The number of hydrogen-bond donors (Lipinski definition) is 1. The van der Waals surface area contributed by atoms with Gasteiger partial charge in [-0.1, -0.05) is 30.2 Å². The molecular formula is C24H24N6O. The fourth-order valence-electron chi connectivity index (χ4n) is 3.29. The highest BCUT2D eigenvalue weighted by atomic mass is 16.2. The lowest BCUT2D eigenvalue weighted by Gasteiger charge is -2.12. The molecule has 7 heteroatoms. The number of rotatable bonds is 4. The molecule has 1 saturated heterocycles. The fourth-order valence-corrected chi connectivity index (χ4v) is 3.29. The minimum Gasteiger partial charge on any atom is -0.333 e. The highest BCUT2D eigenvalue weighted by Gasteiger charge is 2.21. The molecule has 1 amide bonds. The normalized spacial score (nSPS) is 15.2. The summed E-state index contributed by atoms with van der Waals surface area (Å²) in [6, 6.07) is 11.7. The van der Waals surface area contributed by atoms with Gasteiger partial charge in [-0.2, -0.15) is 0 Å². The molecule has 3 heterocycles. The fraction of sp³-hybridized carbons (Fsp3) is 0.250. The SMILES string of the molecule is CN(C)C/C=C/C(=O)N1CCC(=Nc2ncnc3[nH]c(C#Cc4ccccc4)cc23)C1. The first kappa shape index (κ1) is 20.5. The van der Waals surface area contributed by atoms with E-state index in [1.54, 1.807) is 11.0 Å². The Kier molecular flexibility index (Phi) is 6.20. The number of likely N-dealkylation sites (N-methyl/N-ethyl adjacent to an activating group) is 1. The molecule has 1 aliphatic heterocycles. The Bertz CT molecular complexity index is 1200. The second-order valence-electron chi connectivity index (χ2n) is 7.61. The van der Waals surface area contributed by atoms with Crippen molar-refractivity contribution in [3.63, 3.8) is 0 Å². The van der Waals surface area contributed by atoms with Gasteiger partial charge < -0.3 is 14.8 Å². The van der Waals surface area contributed by atoms with Crippen molar-refractivity contribution in [2.24, 2.45) is 4.99 Å². The average molecular weight is 412 g/mol. The van der Waals surface area contributed by atoms with Gasteiger partial charge in [-0.05, 0) is 38.2 Å². The molecular weight excluding hydrogens is 388 g/mol. The van der Waals surface area contributed by atoms with Gasteiger partial charge in [0.05, 0.1) is 17.6 Å². The molecule has 3 aromatic rings. The summed E-state index contributed by atoms with van der Waals surface area (Å²) >= 11 is 0. The van der Waals surface area contributed by atoms with Crippen LogP contribution < -0.4 is 0 Å². The Morgan fingerprint density at radius 3 is 2.90 bits per heavy atom. The van der Waals surface area contributed by atoms with E-state index in [0.717, 1.165) is 35.3 Å². The summed E-state index contributed by atoms with van der Waals surface area (Å²) in [5.41, 5.74) is 3.34. The van der Waals surface area contributed by atoms with Gasteiger partial charge in [-0.25, -0.2) is 15.0 Å². The molecule has 1 aliphatic rings. The summed E-state index contributed by atoms with van der Waals surface area (Å²) in [6.45, 7) is 1.92. The topological polar surface area (TPSA) is 77.5 Å². The van der Waals surface area contributed by atoms with Crippen LogP contribution >= 0.6 is 0 Å². The maximum atomic E-state index is 12.3. The molecule has 0 saturated carbocycles. The molecule has 7 nitrogen and oxygen atoms in total. The van der Waals surface area contributed by atoms with Crippen molar-refractivity contribution in [1.29, 1.82) is 0 Å². The maximum Gasteiger partial charge on any atom is 0.246 e. The van der Waals surface area contributed by atoms with Gasteiger partial charge in [0.2, 0.25) is 5.91 Å². The van der Waals surface area contributed by atoms with Crippen LogP contribution in [0.25, 0.3) is 11.0 Å². The molecule has 2 aromatic heterocycles. The van der Waals surface area contributed by atoms with Crippen molar-refractivity contribution < 1.29 is 4.79 Å². The second-order valence-corrected chi connectivity index (χ2v) is 7.61. The number of amides is 1. The molecule has 1 fully saturated rings. The van der Waals surface area contributed by atoms with Gasteiger partial charge in [0.15, 0.2) is 5.82 Å². The van der Waals surface area contributed by atoms with E-state index in [0.29, 0.717) is 24.6 Å². The van der Waals surface area contributed by atoms with Crippen LogP contribution in [0.4, 0.5) is 5.82 Å². The van der Waals surface area contributed by atoms with Crippen molar-refractivity contribution >= 4 is 28.5 Å². The van der Waals surface area contributed by atoms with Crippen LogP contribution in [0.1, 0.15) is 17.7 Å². The average Bonchev–Trinajstić information content (AvgIpc) is 3.40. The molecule has 0 bridgehead atoms. The number of hydrogen-bond acceptors (Lipinski definition) is 5. The Morgan fingerprint density at radius 2 is 2.10 bits per heavy atom. The summed E-state index contributed by atoms with van der Waals surface area (Å²) in [6.07, 6.45) is 5.75. The third kappa shape index (κ3) is 5.24. The standard InChI is InChI=1S/C24H24N6O/c1-29(2)13-6-9-22(31)30-14-12-20(16-30)28-24-21-15-19(27-23(21)25-17-26-24)11-10-18-7-4-3-5-8-18/h3-9,15,17H,12-14,16H2,1-2H3,(H,25,26,27)/b9-6+,28-20?. The van der Waals surface area contributed by atoms with Crippen LogP contribution in [0.15, 0.2) is 59.9 Å². The molecule has 0 radical (unpaired) electrons. The monoisotopic (exact) mass is 412 g/mol. The number of aliphatic imine (C=N–C) groups is 1. The number of aromatic amines is 1. The zero-order valence-electron chi connectivity index (χ0n) is 17.7. The Hall–Kier alpha value is -3.76. The number of nitrogens with zero attached hydrogens (tertiary/aromatic N) is 5. The molecule has 0 unspecified atom stereocenters. The summed E-state index contributed by atoms with van der Waals surface area (Å²) in [5.74, 6) is 6.88. The predicted molar refractivity (Wildman–Crippen MR) is 122 cm³/mol. The number of nitrogens with one attached hydrogen (secondary N) is 1. The third-order valence-electron chi connectivity index (χ3n) is 4.87. The van der Waals surface area contributed by atoms with Crippen LogP contribution in [-0.2, 0) is 4.79 Å². The van der Waals surface area contributed by atoms with Gasteiger partial charge in [-0.15, -0.1) is 0 Å². The largest absolute Gasteiger partial charge is 0.333 e. The minimum absolute atomic E-state index is 0.0139. The number of fused-ring (bicyclic) bond motifs is 1. The highest BCUT2D eigenvalue weighted by molar-refractivity contribution is 5.99. The minimum atomic E-state index is 0.0139. The lowest BCUT2D eigenvalue weighted by Crippen LogP contribution is -2.27. The van der Waals surface area contributed by atoms with E-state index in [9.17, 15) is 4.79 Å². The van der Waals surface area contributed by atoms with Crippen molar-refractivity contribution in [2.45, 2.75) is 6.42 Å². The molecule has 4 rings (SSSR count). The maximum absolute atomic E-state index is 12.3. The smallest absolute Gasteiger partial charge is 0.246 e. The van der Waals surface area contributed by atoms with E-state index < -0.39 is 0 Å². The molecule has 1 N–H and O–H groups in total. The van der Waals surface area contributed by atoms with Crippen molar-refractivity contribution in [3.05, 3.63) is 66.1 Å². The summed E-state index contributed by atoms with van der Waals surface area (Å²) in [4.78, 5) is 32.8. The molecule has 0 aliphatic carbocycles. The Labute approximate surface area is 181 Å². The zero-order chi connectivity index (χ0) is 21.6. The highest BCUT2D eigenvalue weighted by Crippen LogP contribution is 2.24. The lowest BCUT2D eigenvalue weighted by molar-refractivity contribution is -0.124. The van der Waals surface area contributed by atoms with Gasteiger partial charge in [0.1, 0.15) is 12.0 Å². The number of H-pyrrole nitrogens is 1. The number of likely N-dealkylation sites (tertiary alicyclic amines) is 1. The number of benzene rings is 1. The van der Waals surface area contributed by atoms with E-state index in [-0.39, 0.29) is 5.91 Å². The van der Waals surface area contributed by atoms with E-state index >= 15 is 0 Å². The van der Waals surface area contributed by atoms with E-state index in [1.807, 2.05) is 61.5 Å². The first-order chi connectivity index (χ1) is 15.1. The van der Waals surface area contributed by atoms with E-state index in [2.05, 4.69) is 26.8 Å². The van der Waals surface area contributed by atoms with E-state index in [4.69, 9.17) is 4.99 Å².